The maximum Gasteiger partial charge on any atom is 0.271 e. The van der Waals surface area contributed by atoms with Crippen molar-refractivity contribution < 1.29 is 14.6 Å². The minimum atomic E-state index is -0.239. The van der Waals surface area contributed by atoms with Crippen molar-refractivity contribution in [3.05, 3.63) is 47.8 Å². The first-order valence-electron chi connectivity index (χ1n) is 7.63. The third kappa shape index (κ3) is 4.32. The zero-order valence-corrected chi connectivity index (χ0v) is 13.7. The number of carbonyl (C=O) groups excluding carboxylic acids is 1. The number of ether oxygens (including phenoxy) is 1. The molecule has 1 heterocycles. The van der Waals surface area contributed by atoms with Gasteiger partial charge < -0.3 is 15.2 Å². The van der Waals surface area contributed by atoms with E-state index in [2.05, 4.69) is 10.4 Å². The lowest BCUT2D eigenvalue weighted by atomic mass is 10.00. The number of hydrogen-bond acceptors (Lipinski definition) is 4. The fourth-order valence-electron chi connectivity index (χ4n) is 2.22. The highest BCUT2D eigenvalue weighted by molar-refractivity contribution is 5.92. The molecule has 0 aliphatic rings. The fourth-order valence-corrected chi connectivity index (χ4v) is 2.22. The summed E-state index contributed by atoms with van der Waals surface area (Å²) in [7, 11) is 1.61. The summed E-state index contributed by atoms with van der Waals surface area (Å²) >= 11 is 0. The largest absolute Gasteiger partial charge is 0.497 e. The summed E-state index contributed by atoms with van der Waals surface area (Å²) in [4.78, 5) is 12.1. The van der Waals surface area contributed by atoms with Crippen molar-refractivity contribution in [3.8, 4) is 5.75 Å². The summed E-state index contributed by atoms with van der Waals surface area (Å²) in [5, 5.41) is 16.6. The van der Waals surface area contributed by atoms with E-state index in [4.69, 9.17) is 4.74 Å². The summed E-state index contributed by atoms with van der Waals surface area (Å²) in [6.07, 6.45) is 1.78. The van der Waals surface area contributed by atoms with Crippen molar-refractivity contribution in [1.82, 2.24) is 15.1 Å². The van der Waals surface area contributed by atoms with Gasteiger partial charge in [0.25, 0.3) is 5.91 Å². The summed E-state index contributed by atoms with van der Waals surface area (Å²) in [6.45, 7) is 4.30. The van der Waals surface area contributed by atoms with Crippen LogP contribution in [0, 0.1) is 0 Å². The highest BCUT2D eigenvalue weighted by Gasteiger charge is 2.15. The normalized spacial score (nSPS) is 12.2. The first-order valence-corrected chi connectivity index (χ1v) is 7.63. The van der Waals surface area contributed by atoms with Gasteiger partial charge in [0, 0.05) is 24.7 Å². The van der Waals surface area contributed by atoms with Crippen LogP contribution in [0.2, 0.25) is 0 Å². The summed E-state index contributed by atoms with van der Waals surface area (Å²) in [5.41, 5.74) is 1.33. The van der Waals surface area contributed by atoms with Crippen LogP contribution in [0.25, 0.3) is 0 Å². The van der Waals surface area contributed by atoms with Crippen LogP contribution in [0.15, 0.2) is 36.5 Å². The van der Waals surface area contributed by atoms with Gasteiger partial charge in [-0.1, -0.05) is 12.1 Å². The Morgan fingerprint density at radius 3 is 2.52 bits per heavy atom. The number of carbonyl (C=O) groups is 1. The van der Waals surface area contributed by atoms with E-state index < -0.39 is 0 Å². The third-order valence-electron chi connectivity index (χ3n) is 3.69. The molecule has 124 valence electrons. The predicted molar refractivity (Wildman–Crippen MR) is 87.8 cm³/mol. The summed E-state index contributed by atoms with van der Waals surface area (Å²) in [6, 6.07) is 9.35. The molecule has 0 aliphatic heterocycles. The van der Waals surface area contributed by atoms with Crippen molar-refractivity contribution in [2.45, 2.75) is 25.8 Å². The number of amides is 1. The van der Waals surface area contributed by atoms with Gasteiger partial charge in [0.15, 0.2) is 0 Å². The van der Waals surface area contributed by atoms with Crippen molar-refractivity contribution in [2.24, 2.45) is 0 Å². The van der Waals surface area contributed by atoms with Gasteiger partial charge in [-0.3, -0.25) is 9.48 Å². The van der Waals surface area contributed by atoms with Crippen LogP contribution in [-0.4, -0.2) is 41.1 Å². The van der Waals surface area contributed by atoms with Crippen LogP contribution < -0.4 is 10.1 Å². The van der Waals surface area contributed by atoms with E-state index in [0.717, 1.165) is 11.3 Å². The Morgan fingerprint density at radius 1 is 1.30 bits per heavy atom. The van der Waals surface area contributed by atoms with Crippen LogP contribution in [0.1, 0.15) is 41.9 Å². The van der Waals surface area contributed by atoms with E-state index in [1.165, 1.54) is 0 Å². The average molecular weight is 317 g/mol. The molecule has 0 fully saturated rings. The fraction of sp³-hybridized carbons (Fsp3) is 0.412. The number of aromatic nitrogens is 2. The van der Waals surface area contributed by atoms with Gasteiger partial charge in [-0.05, 0) is 37.6 Å². The van der Waals surface area contributed by atoms with Gasteiger partial charge in [-0.2, -0.15) is 5.10 Å². The number of benzene rings is 1. The van der Waals surface area contributed by atoms with Crippen molar-refractivity contribution in [2.75, 3.05) is 20.3 Å². The number of nitrogens with zero attached hydrogens (tertiary/aromatic N) is 2. The minimum absolute atomic E-state index is 0.0486. The highest BCUT2D eigenvalue weighted by atomic mass is 16.5. The monoisotopic (exact) mass is 317 g/mol. The van der Waals surface area contributed by atoms with Gasteiger partial charge >= 0.3 is 0 Å². The standard InChI is InChI=1S/C17H23N3O3/c1-12(2)20-9-8-16(19-20)17(22)18-10-14(11-21)13-4-6-15(23-3)7-5-13/h4-9,12,14,21H,10-11H2,1-3H3,(H,18,22). The first-order chi connectivity index (χ1) is 11.0. The SMILES string of the molecule is COc1ccc(C(CO)CNC(=O)c2ccn(C(C)C)n2)cc1. The van der Waals surface area contributed by atoms with E-state index in [0.29, 0.717) is 12.2 Å². The molecule has 0 radical (unpaired) electrons. The van der Waals surface area contributed by atoms with Crippen LogP contribution in [0.4, 0.5) is 0 Å². The highest BCUT2D eigenvalue weighted by Crippen LogP contribution is 2.18. The molecule has 0 aliphatic carbocycles. The number of hydrogen-bond donors (Lipinski definition) is 2. The van der Waals surface area contributed by atoms with Crippen LogP contribution in [0.3, 0.4) is 0 Å². The lowest BCUT2D eigenvalue weighted by molar-refractivity contribution is 0.0941. The Bertz CT molecular complexity index is 635. The maximum absolute atomic E-state index is 12.1. The molecule has 2 N–H and O–H groups in total. The zero-order valence-electron chi connectivity index (χ0n) is 13.7. The topological polar surface area (TPSA) is 76.4 Å². The van der Waals surface area contributed by atoms with Crippen LogP contribution in [0.5, 0.6) is 5.75 Å². The van der Waals surface area contributed by atoms with Gasteiger partial charge in [0.2, 0.25) is 0 Å². The lowest BCUT2D eigenvalue weighted by Gasteiger charge is -2.15. The van der Waals surface area contributed by atoms with E-state index in [-0.39, 0.29) is 24.5 Å². The summed E-state index contributed by atoms with van der Waals surface area (Å²) in [5.74, 6) is 0.349. The smallest absolute Gasteiger partial charge is 0.271 e. The lowest BCUT2D eigenvalue weighted by Crippen LogP contribution is -2.30. The Kier molecular flexibility index (Phi) is 5.76. The van der Waals surface area contributed by atoms with Crippen molar-refractivity contribution in [3.63, 3.8) is 0 Å². The van der Waals surface area contributed by atoms with Crippen molar-refractivity contribution >= 4 is 5.91 Å². The zero-order chi connectivity index (χ0) is 16.8. The van der Waals surface area contributed by atoms with E-state index in [1.807, 2.05) is 38.1 Å². The van der Waals surface area contributed by atoms with Gasteiger partial charge in [-0.25, -0.2) is 0 Å². The third-order valence-corrected chi connectivity index (χ3v) is 3.69. The second-order valence-corrected chi connectivity index (χ2v) is 5.64. The molecule has 2 rings (SSSR count). The van der Waals surface area contributed by atoms with Gasteiger partial charge in [0.05, 0.1) is 13.7 Å². The predicted octanol–water partition coefficient (Wildman–Crippen LogP) is 1.98. The summed E-state index contributed by atoms with van der Waals surface area (Å²) < 4.78 is 6.86. The molecule has 0 saturated heterocycles. The Balaban J connectivity index is 1.97. The number of aliphatic hydroxyl groups is 1. The second-order valence-electron chi connectivity index (χ2n) is 5.64. The minimum Gasteiger partial charge on any atom is -0.497 e. The molecule has 23 heavy (non-hydrogen) atoms. The number of nitrogens with one attached hydrogen (secondary N) is 1. The number of rotatable bonds is 7. The molecule has 6 heteroatoms. The Hall–Kier alpha value is -2.34. The molecular weight excluding hydrogens is 294 g/mol. The molecule has 1 aromatic carbocycles. The quantitative estimate of drug-likeness (QED) is 0.818. The Morgan fingerprint density at radius 2 is 2.00 bits per heavy atom. The molecule has 1 unspecified atom stereocenters. The molecule has 0 spiro atoms. The van der Waals surface area contributed by atoms with E-state index in [1.54, 1.807) is 24.1 Å². The molecule has 1 amide bonds. The molecular formula is C17H23N3O3. The van der Waals surface area contributed by atoms with Crippen LogP contribution >= 0.6 is 0 Å². The van der Waals surface area contributed by atoms with Crippen molar-refractivity contribution in [1.29, 1.82) is 0 Å². The maximum atomic E-state index is 12.1. The first kappa shape index (κ1) is 17.0. The average Bonchev–Trinajstić information content (AvgIpc) is 3.06. The molecule has 0 bridgehead atoms. The van der Waals surface area contributed by atoms with Gasteiger partial charge in [-0.15, -0.1) is 0 Å². The molecule has 0 saturated carbocycles. The second kappa shape index (κ2) is 7.78. The number of methoxy groups -OCH3 is 1. The molecule has 1 atom stereocenters. The van der Waals surface area contributed by atoms with Gasteiger partial charge in [0.1, 0.15) is 11.4 Å². The molecule has 2 aromatic rings. The number of aliphatic hydroxyl groups excluding tert-OH is 1. The van der Waals surface area contributed by atoms with E-state index in [9.17, 15) is 9.90 Å². The van der Waals surface area contributed by atoms with E-state index >= 15 is 0 Å². The van der Waals surface area contributed by atoms with Crippen LogP contribution in [-0.2, 0) is 0 Å². The molecule has 1 aromatic heterocycles. The molecule has 6 nitrogen and oxygen atoms in total. The Labute approximate surface area is 136 Å².